The van der Waals surface area contributed by atoms with E-state index in [9.17, 15) is 0 Å². The molecule has 132 valence electrons. The van der Waals surface area contributed by atoms with E-state index in [0.29, 0.717) is 0 Å². The zero-order valence-electron chi connectivity index (χ0n) is 18.7. The Hall–Kier alpha value is 2.50. The summed E-state index contributed by atoms with van der Waals surface area (Å²) in [6.45, 7) is 40.0. The second kappa shape index (κ2) is 6.83. The molecule has 0 N–H and O–H groups in total. The van der Waals surface area contributed by atoms with E-state index in [1.807, 2.05) is 0 Å². The SMILES string of the molecule is C[Si](C)(C)[Si-]1[Si](C)(C)[Si](C)(C)[Si-]([Si](C)(C)C)[Si](C)(C)[Si]1(C)C.[Mg+2]. The van der Waals surface area contributed by atoms with Crippen molar-refractivity contribution in [3.63, 3.8) is 0 Å². The van der Waals surface area contributed by atoms with Crippen LogP contribution in [-0.4, -0.2) is 81.4 Å². The normalized spacial score (nSPS) is 27.4. The maximum atomic E-state index is 2.93. The van der Waals surface area contributed by atoms with Gasteiger partial charge in [-0.15, -0.1) is 96.0 Å². The first-order chi connectivity index (χ1) is 9.23. The third kappa shape index (κ3) is 3.89. The molecule has 9 heteroatoms. The van der Waals surface area contributed by atoms with Crippen LogP contribution in [0, 0.1) is 0 Å². The van der Waals surface area contributed by atoms with Gasteiger partial charge in [-0.3, -0.25) is 14.7 Å². The van der Waals surface area contributed by atoms with Gasteiger partial charge < -0.3 is 0 Å². The van der Waals surface area contributed by atoms with Gasteiger partial charge in [0.05, 0.1) is 0 Å². The molecule has 0 unspecified atom stereocenters. The van der Waals surface area contributed by atoms with Crippen molar-refractivity contribution in [1.82, 2.24) is 0 Å². The van der Waals surface area contributed by atoms with Gasteiger partial charge in [0.25, 0.3) is 0 Å². The Bertz CT molecular complexity index is 375. The molecular weight excluding hydrogens is 417 g/mol. The zero-order chi connectivity index (χ0) is 18.2. The Morgan fingerprint density at radius 1 is 0.435 bits per heavy atom. The fraction of sp³-hybridized carbons (Fsp3) is 1.00. The van der Waals surface area contributed by atoms with E-state index in [1.165, 1.54) is 0 Å². The minimum Gasteiger partial charge on any atom is -0.261 e. The third-order valence-electron chi connectivity index (χ3n) is 7.12. The van der Waals surface area contributed by atoms with Gasteiger partial charge in [0, 0.05) is 0 Å². The second-order valence-electron chi connectivity index (χ2n) is 11.8. The molecule has 1 rings (SSSR count). The average Bonchev–Trinajstić information content (AvgIpc) is 2.06. The molecule has 1 aliphatic rings. The van der Waals surface area contributed by atoms with E-state index < -0.39 is 43.6 Å². The van der Waals surface area contributed by atoms with Crippen LogP contribution in [0.4, 0.5) is 0 Å². The molecule has 0 spiro atoms. The molecule has 1 fully saturated rings. The first-order valence-electron chi connectivity index (χ1n) is 9.00. The largest absolute Gasteiger partial charge is 2.00 e. The summed E-state index contributed by atoms with van der Waals surface area (Å²) in [6.07, 6.45) is 0. The quantitative estimate of drug-likeness (QED) is 0.523. The summed E-state index contributed by atoms with van der Waals surface area (Å²) in [6, 6.07) is 0. The van der Waals surface area contributed by atoms with Crippen LogP contribution in [0.5, 0.6) is 0 Å². The first-order valence-corrected chi connectivity index (χ1v) is 39.0. The summed E-state index contributed by atoms with van der Waals surface area (Å²) in [4.78, 5) is 0. The molecule has 0 aromatic rings. The monoisotopic (exact) mass is 458 g/mol. The Labute approximate surface area is 171 Å². The van der Waals surface area contributed by atoms with E-state index >= 15 is 0 Å². The van der Waals surface area contributed by atoms with Crippen molar-refractivity contribution in [2.45, 2.75) is 91.7 Å². The maximum Gasteiger partial charge on any atom is 2.00 e. The Balaban J connectivity index is 0.00000484. The molecule has 23 heavy (non-hydrogen) atoms. The van der Waals surface area contributed by atoms with Gasteiger partial charge in [0.15, 0.2) is 0 Å². The molecule has 0 amide bonds. The standard InChI is InChI=1S/C14H42Si8.Mg/c1-17(2,3)15-19(7,8)21(11,12)16(18(4,5)6)22(13,14)20(15,9)10;/h1-14H3;/q-2;+2. The van der Waals surface area contributed by atoms with Crippen molar-refractivity contribution in [3.05, 3.63) is 0 Å². The summed E-state index contributed by atoms with van der Waals surface area (Å²) >= 11 is 0. The molecule has 0 aromatic heterocycles. The predicted octanol–water partition coefficient (Wildman–Crippen LogP) is 4.75. The molecule has 1 aliphatic heterocycles. The van der Waals surface area contributed by atoms with Crippen molar-refractivity contribution < 1.29 is 0 Å². The van der Waals surface area contributed by atoms with Gasteiger partial charge in [-0.25, -0.2) is 0 Å². The van der Waals surface area contributed by atoms with Gasteiger partial charge in [0.1, 0.15) is 0 Å². The van der Waals surface area contributed by atoms with Crippen molar-refractivity contribution in [3.8, 4) is 0 Å². The first kappa shape index (κ1) is 25.5. The van der Waals surface area contributed by atoms with Crippen LogP contribution in [0.3, 0.4) is 0 Å². The van der Waals surface area contributed by atoms with Crippen molar-refractivity contribution in [2.75, 3.05) is 0 Å². The van der Waals surface area contributed by atoms with E-state index in [4.69, 9.17) is 0 Å². The molecule has 0 nitrogen and oxygen atoms in total. The summed E-state index contributed by atoms with van der Waals surface area (Å²) in [7, 11) is -6.01. The third-order valence-corrected chi connectivity index (χ3v) is 190. The molecule has 0 aromatic carbocycles. The molecule has 0 saturated carbocycles. The maximum absolute atomic E-state index is 2.93. The van der Waals surface area contributed by atoms with Crippen molar-refractivity contribution >= 4 is 81.4 Å². The smallest absolute Gasteiger partial charge is 0.261 e. The minimum atomic E-state index is -1.00. The van der Waals surface area contributed by atoms with Crippen molar-refractivity contribution in [1.29, 1.82) is 0 Å². The van der Waals surface area contributed by atoms with Crippen LogP contribution in [0.2, 0.25) is 91.7 Å². The van der Waals surface area contributed by atoms with E-state index in [0.717, 1.165) is 0 Å². The fourth-order valence-corrected chi connectivity index (χ4v) is 366. The number of hydrogen-bond donors (Lipinski definition) is 0. The molecule has 0 atom stereocenters. The summed E-state index contributed by atoms with van der Waals surface area (Å²) in [5.41, 5.74) is 0. The van der Waals surface area contributed by atoms with Crippen LogP contribution in [0.15, 0.2) is 0 Å². The Morgan fingerprint density at radius 3 is 0.652 bits per heavy atom. The van der Waals surface area contributed by atoms with E-state index in [-0.39, 0.29) is 37.8 Å². The van der Waals surface area contributed by atoms with Gasteiger partial charge >= 0.3 is 23.1 Å². The second-order valence-corrected chi connectivity index (χ2v) is 98.2. The molecule has 0 aliphatic carbocycles. The van der Waals surface area contributed by atoms with Crippen molar-refractivity contribution in [2.24, 2.45) is 0 Å². The molecule has 1 saturated heterocycles. The Morgan fingerprint density at radius 2 is 0.565 bits per heavy atom. The van der Waals surface area contributed by atoms with Gasteiger partial charge in [-0.1, -0.05) is 39.3 Å². The van der Waals surface area contributed by atoms with Gasteiger partial charge in [0.2, 0.25) is 0 Å². The van der Waals surface area contributed by atoms with Crippen LogP contribution < -0.4 is 0 Å². The fourth-order valence-electron chi connectivity index (χ4n) is 6.56. The van der Waals surface area contributed by atoms with Gasteiger partial charge in [-0.05, 0) is 0 Å². The summed E-state index contributed by atoms with van der Waals surface area (Å²) in [5, 5.41) is 0. The Kier molecular flexibility index (Phi) is 7.58. The van der Waals surface area contributed by atoms with Gasteiger partial charge in [-0.2, -0.15) is 0 Å². The van der Waals surface area contributed by atoms with Crippen LogP contribution in [0.1, 0.15) is 0 Å². The summed E-state index contributed by atoms with van der Waals surface area (Å²) < 4.78 is 0. The van der Waals surface area contributed by atoms with Crippen LogP contribution >= 0.6 is 0 Å². The molecular formula is C14H42MgSi8. The number of hydrogen-bond acceptors (Lipinski definition) is 0. The molecule has 1 heterocycles. The zero-order valence-corrected chi connectivity index (χ0v) is 28.1. The molecule has 0 bridgehead atoms. The average molecular weight is 459 g/mol. The van der Waals surface area contributed by atoms with E-state index in [2.05, 4.69) is 91.7 Å². The number of rotatable bonds is 2. The van der Waals surface area contributed by atoms with Crippen LogP contribution in [0.25, 0.3) is 0 Å². The predicted molar refractivity (Wildman–Crippen MR) is 134 cm³/mol. The van der Waals surface area contributed by atoms with Crippen LogP contribution in [-0.2, 0) is 0 Å². The van der Waals surface area contributed by atoms with E-state index in [1.54, 1.807) is 0 Å². The topological polar surface area (TPSA) is 0 Å². The molecule has 0 radical (unpaired) electrons. The summed E-state index contributed by atoms with van der Waals surface area (Å²) in [5.74, 6) is 0. The minimum absolute atomic E-state index is 0.